The summed E-state index contributed by atoms with van der Waals surface area (Å²) in [6.45, 7) is 1.41. The minimum Gasteiger partial charge on any atom is -0.726 e. The van der Waals surface area contributed by atoms with Crippen LogP contribution in [0.5, 0.6) is 0 Å². The fourth-order valence-electron chi connectivity index (χ4n) is 6.27. The van der Waals surface area contributed by atoms with E-state index < -0.39 is 101 Å². The third-order valence-electron chi connectivity index (χ3n) is 8.69. The van der Waals surface area contributed by atoms with Gasteiger partial charge in [-0.05, 0) is 36.1 Å². The Morgan fingerprint density at radius 1 is 0.705 bits per heavy atom. The first-order valence-corrected chi connectivity index (χ1v) is 20.4. The number of ether oxygens (including phenoxy) is 7. The normalized spacial score (nSPS) is 26.4. The zero-order valence-electron chi connectivity index (χ0n) is 33.9. The number of hydrogen-bond donors (Lipinski definition) is 0. The van der Waals surface area contributed by atoms with Gasteiger partial charge in [0.15, 0.2) is 18.7 Å². The Morgan fingerprint density at radius 3 is 1.61 bits per heavy atom. The molecule has 2 aliphatic heterocycles. The summed E-state index contributed by atoms with van der Waals surface area (Å²) in [4.78, 5) is 15.7. The van der Waals surface area contributed by atoms with Gasteiger partial charge in [0.25, 0.3) is 0 Å². The van der Waals surface area contributed by atoms with Crippen LogP contribution in [-0.4, -0.2) is 106 Å². The molecule has 3 aromatic rings. The molecule has 316 valence electrons. The first kappa shape index (κ1) is 56.0. The van der Waals surface area contributed by atoms with Gasteiger partial charge < -0.3 is 52.2 Å². The molecule has 0 aliphatic carbocycles. The molecule has 25 heteroatoms. The summed E-state index contributed by atoms with van der Waals surface area (Å²) in [6, 6.07) is 24.0. The summed E-state index contributed by atoms with van der Waals surface area (Å²) < 4.78 is 123. The summed E-state index contributed by atoms with van der Waals surface area (Å²) in [6.07, 6.45) is -17.0. The van der Waals surface area contributed by atoms with Crippen LogP contribution >= 0.6 is 0 Å². The van der Waals surface area contributed by atoms with Gasteiger partial charge in [0.2, 0.25) is 20.8 Å². The minimum absolute atomic E-state index is 0. The molecule has 2 heterocycles. The average Bonchev–Trinajstić information content (AvgIpc) is 3.17. The second kappa shape index (κ2) is 26.8. The number of benzene rings is 3. The summed E-state index contributed by atoms with van der Waals surface area (Å²) in [5.74, 6) is -1.92. The topological polar surface area (TPSA) is 286 Å². The molecule has 10 atom stereocenters. The van der Waals surface area contributed by atoms with Crippen LogP contribution in [0.1, 0.15) is 30.5 Å². The van der Waals surface area contributed by atoms with Crippen molar-refractivity contribution in [3.05, 3.63) is 118 Å². The number of carbonyl (C=O) groups excluding carboxylic acids is 1. The first-order chi connectivity index (χ1) is 27.6. The quantitative estimate of drug-likeness (QED) is 0.0254. The average molecular weight is 920 g/mol. The Bertz CT molecular complexity index is 2040. The number of carbonyl (C=O) groups is 1. The van der Waals surface area contributed by atoms with E-state index in [-0.39, 0.29) is 108 Å². The fourth-order valence-corrected chi connectivity index (χ4v) is 7.05. The van der Waals surface area contributed by atoms with E-state index in [2.05, 4.69) is 14.2 Å². The number of carboxylic acids is 1. The van der Waals surface area contributed by atoms with Crippen LogP contribution in [0, 0.1) is 0 Å². The second-order valence-electron chi connectivity index (χ2n) is 13.2. The van der Waals surface area contributed by atoms with Gasteiger partial charge in [-0.1, -0.05) is 96.1 Å². The Balaban J connectivity index is 0.00000427. The van der Waals surface area contributed by atoms with Gasteiger partial charge in [-0.3, -0.25) is 8.37 Å². The van der Waals surface area contributed by atoms with Crippen molar-refractivity contribution in [3.63, 3.8) is 0 Å². The molecule has 20 nitrogen and oxygen atoms in total. The molecule has 0 saturated carbocycles. The first-order valence-electron chi connectivity index (χ1n) is 17.7. The van der Waals surface area contributed by atoms with Crippen LogP contribution in [0.3, 0.4) is 0 Å². The maximum absolute atomic E-state index is 12.8. The van der Waals surface area contributed by atoms with E-state index in [1.165, 1.54) is 13.8 Å². The molecule has 61 heavy (non-hydrogen) atoms. The van der Waals surface area contributed by atoms with Crippen LogP contribution in [0.4, 0.5) is 0 Å². The van der Waals surface area contributed by atoms with Crippen LogP contribution < -0.4 is 93.8 Å². The van der Waals surface area contributed by atoms with E-state index in [9.17, 15) is 41.4 Å². The van der Waals surface area contributed by atoms with Crippen LogP contribution in [0.2, 0.25) is 0 Å². The summed E-state index contributed by atoms with van der Waals surface area (Å²) in [7, 11) is -10.9. The van der Waals surface area contributed by atoms with Crippen molar-refractivity contribution >= 4 is 26.8 Å². The maximum atomic E-state index is 12.8. The molecule has 0 unspecified atom stereocenters. The Hall–Kier alpha value is -1.10. The van der Waals surface area contributed by atoms with Crippen molar-refractivity contribution in [2.75, 3.05) is 6.61 Å². The zero-order chi connectivity index (χ0) is 41.9. The minimum atomic E-state index is -5.58. The van der Waals surface area contributed by atoms with E-state index >= 15 is 0 Å². The van der Waals surface area contributed by atoms with Gasteiger partial charge in [-0.25, -0.2) is 16.8 Å². The Labute approximate surface area is 419 Å². The molecule has 0 N–H and O–H groups in total. The molecule has 2 aliphatic rings. The largest absolute Gasteiger partial charge is 1.00 e. The molecule has 2 fully saturated rings. The van der Waals surface area contributed by atoms with Gasteiger partial charge in [0.1, 0.15) is 42.7 Å². The molecule has 0 radical (unpaired) electrons. The van der Waals surface area contributed by atoms with Gasteiger partial charge in [-0.15, -0.1) is 0 Å². The molecule has 0 amide bonds. The van der Waals surface area contributed by atoms with Crippen molar-refractivity contribution in [3.8, 4) is 0 Å². The van der Waals surface area contributed by atoms with E-state index in [1.54, 1.807) is 91.0 Å². The van der Waals surface area contributed by atoms with Crippen LogP contribution in [-0.2, 0) is 86.9 Å². The predicted molar refractivity (Wildman–Crippen MR) is 192 cm³/mol. The van der Waals surface area contributed by atoms with Crippen molar-refractivity contribution in [1.82, 2.24) is 0 Å². The number of aliphatic carboxylic acids is 1. The maximum Gasteiger partial charge on any atom is 1.00 e. The second-order valence-corrected chi connectivity index (χ2v) is 15.3. The number of nitrogens with zero attached hydrogens (tertiary/aromatic N) is 3. The smallest absolute Gasteiger partial charge is 0.726 e. The van der Waals surface area contributed by atoms with Crippen LogP contribution in [0.25, 0.3) is 10.4 Å². The standard InChI is InChI=1S/C36H43N3O17S2.3Na/c1-22(2)52-36-33(56-58(45,46)47)30(50-20-25-16-10-5-11-17-25)31(32(55-36)34(40)41)54-35-27(38-39-37)29(49-19-24-14-8-4-9-15-24)28(26(53-35)21-51-57(42,43)44)48-18-23-12-6-3-7-13-23;;;/h3-17,22,26-33,35-36H,18-21H2,1-2H3,(H,40,41)(H,42,43,44)(H,45,46,47);;;/q;3*+1/p-3/t26-,27-,28-,29-,30+,31+,32-,33-,35-,36-;;;/m1.../s1. The molecule has 3 aromatic carbocycles. The molecule has 0 spiro atoms. The number of hydrogen-bond acceptors (Lipinski definition) is 18. The van der Waals surface area contributed by atoms with E-state index in [4.69, 9.17) is 37.3 Å². The van der Waals surface area contributed by atoms with Crippen molar-refractivity contribution in [2.24, 2.45) is 5.11 Å². The number of rotatable bonds is 20. The summed E-state index contributed by atoms with van der Waals surface area (Å²) in [5, 5.41) is 16.6. The van der Waals surface area contributed by atoms with E-state index in [0.29, 0.717) is 16.7 Å². The van der Waals surface area contributed by atoms with Crippen molar-refractivity contribution in [2.45, 2.75) is 101 Å². The Morgan fingerprint density at radius 2 is 1.18 bits per heavy atom. The van der Waals surface area contributed by atoms with Crippen molar-refractivity contribution in [1.29, 1.82) is 0 Å². The third-order valence-corrected chi connectivity index (χ3v) is 9.57. The SMILES string of the molecule is CC(C)O[C@@H]1O[C@@H](C(=O)[O-])[C@@H](O[C@H]2O[C@H](COS(=O)(=O)[O-])[C@@H](OCc3ccccc3)[C@H](OCc3ccccc3)[C@H]2N=[N+]=[N-])[C@H](OCc2ccccc2)[C@H]1OS(=O)(=O)[O-].[Na+].[Na+].[Na+]. The summed E-state index contributed by atoms with van der Waals surface area (Å²) in [5.41, 5.74) is 11.6. The monoisotopic (exact) mass is 919 g/mol. The summed E-state index contributed by atoms with van der Waals surface area (Å²) >= 11 is 0. The molecule has 0 bridgehead atoms. The van der Waals surface area contributed by atoms with Gasteiger partial charge >= 0.3 is 88.7 Å². The van der Waals surface area contributed by atoms with E-state index in [1.807, 2.05) is 0 Å². The van der Waals surface area contributed by atoms with E-state index in [0.717, 1.165) is 0 Å². The van der Waals surface area contributed by atoms with Gasteiger partial charge in [0.05, 0.1) is 38.5 Å². The molecular formula is C36H40N3Na3O17S2. The molecule has 5 rings (SSSR count). The predicted octanol–water partition coefficient (Wildman–Crippen LogP) is -7.23. The molecule has 2 saturated heterocycles. The third kappa shape index (κ3) is 17.7. The fraction of sp³-hybridized carbons (Fsp3) is 0.472. The van der Waals surface area contributed by atoms with Gasteiger partial charge in [-0.2, -0.15) is 0 Å². The van der Waals surface area contributed by atoms with Crippen molar-refractivity contribution < 1.29 is 166 Å². The Kier molecular flexibility index (Phi) is 24.6. The number of carboxylic acid groups (broad SMARTS) is 1. The van der Waals surface area contributed by atoms with Crippen LogP contribution in [0.15, 0.2) is 96.1 Å². The zero-order valence-corrected chi connectivity index (χ0v) is 41.6. The molecule has 0 aromatic heterocycles. The van der Waals surface area contributed by atoms with Gasteiger partial charge in [0, 0.05) is 4.91 Å². The number of azide groups is 1. The molecular weight excluding hydrogens is 880 g/mol.